The number of aliphatic hydroxyl groups is 1. The third-order valence-electron chi connectivity index (χ3n) is 5.22. The lowest BCUT2D eigenvalue weighted by molar-refractivity contribution is 0.106. The first-order valence-electron chi connectivity index (χ1n) is 5.61. The molecule has 4 rings (SSSR count). The van der Waals surface area contributed by atoms with E-state index >= 15 is 0 Å². The van der Waals surface area contributed by atoms with Crippen LogP contribution in [-0.4, -0.2) is 23.4 Å². The smallest absolute Gasteiger partial charge is 0.0875 e. The van der Waals surface area contributed by atoms with Gasteiger partial charge in [-0.15, -0.1) is 0 Å². The molecule has 1 aliphatic heterocycles. The Balaban J connectivity index is 1.73. The fourth-order valence-corrected chi connectivity index (χ4v) is 4.67. The average molecular weight is 180 g/mol. The van der Waals surface area contributed by atoms with Crippen molar-refractivity contribution in [1.29, 1.82) is 0 Å². The maximum Gasteiger partial charge on any atom is 0.0875 e. The highest BCUT2D eigenvalue weighted by Crippen LogP contribution is 2.66. The van der Waals surface area contributed by atoms with Gasteiger partial charge in [-0.1, -0.05) is 6.92 Å². The van der Waals surface area contributed by atoms with Gasteiger partial charge >= 0.3 is 0 Å². The molecule has 1 saturated heterocycles. The Bertz CT molecular complexity index is 265. The van der Waals surface area contributed by atoms with Gasteiger partial charge in [-0.25, -0.2) is 0 Å². The molecule has 8 unspecified atom stereocenters. The first-order valence-corrected chi connectivity index (χ1v) is 5.61. The van der Waals surface area contributed by atoms with Crippen molar-refractivity contribution in [3.8, 4) is 0 Å². The summed E-state index contributed by atoms with van der Waals surface area (Å²) in [6.45, 7) is 2.23. The average Bonchev–Trinajstić information content (AvgIpc) is 2.63. The highest BCUT2D eigenvalue weighted by atomic mass is 16.6. The standard InChI is InChI=1S/C11H16O2/c1-4-8(12)3-5-6-2-7(9(4)5)11-10(6)13-11/h4-12H,2-3H2,1H3. The van der Waals surface area contributed by atoms with E-state index in [9.17, 15) is 5.11 Å². The van der Waals surface area contributed by atoms with Gasteiger partial charge in [-0.2, -0.15) is 0 Å². The van der Waals surface area contributed by atoms with E-state index in [-0.39, 0.29) is 6.10 Å². The molecule has 2 heteroatoms. The van der Waals surface area contributed by atoms with Crippen LogP contribution in [0.1, 0.15) is 19.8 Å². The zero-order valence-corrected chi connectivity index (χ0v) is 7.89. The fourth-order valence-electron chi connectivity index (χ4n) is 4.67. The van der Waals surface area contributed by atoms with E-state index < -0.39 is 0 Å². The number of ether oxygens (including phenoxy) is 1. The minimum atomic E-state index is -0.0159. The van der Waals surface area contributed by atoms with Gasteiger partial charge in [0, 0.05) is 0 Å². The molecule has 8 atom stereocenters. The summed E-state index contributed by atoms with van der Waals surface area (Å²) in [5.74, 6) is 3.76. The zero-order valence-electron chi connectivity index (χ0n) is 7.89. The van der Waals surface area contributed by atoms with E-state index in [4.69, 9.17) is 4.74 Å². The lowest BCUT2D eigenvalue weighted by Gasteiger charge is -2.24. The molecular weight excluding hydrogens is 164 g/mol. The Morgan fingerprint density at radius 1 is 1.08 bits per heavy atom. The number of hydrogen-bond donors (Lipinski definition) is 1. The van der Waals surface area contributed by atoms with Gasteiger partial charge in [0.1, 0.15) is 0 Å². The zero-order chi connectivity index (χ0) is 8.74. The van der Waals surface area contributed by atoms with Crippen molar-refractivity contribution in [2.24, 2.45) is 29.6 Å². The van der Waals surface area contributed by atoms with E-state index in [0.29, 0.717) is 18.1 Å². The third kappa shape index (κ3) is 0.668. The molecular formula is C11H16O2. The van der Waals surface area contributed by atoms with E-state index in [1.807, 2.05) is 0 Å². The van der Waals surface area contributed by atoms with Crippen LogP contribution in [0.3, 0.4) is 0 Å². The quantitative estimate of drug-likeness (QED) is 0.565. The lowest BCUT2D eigenvalue weighted by atomic mass is 9.78. The van der Waals surface area contributed by atoms with Crippen molar-refractivity contribution >= 4 is 0 Å². The van der Waals surface area contributed by atoms with Crippen LogP contribution in [0.2, 0.25) is 0 Å². The lowest BCUT2D eigenvalue weighted by Crippen LogP contribution is -2.27. The normalized spacial score (nSPS) is 72.5. The van der Waals surface area contributed by atoms with Crippen molar-refractivity contribution in [3.05, 3.63) is 0 Å². The number of epoxide rings is 1. The number of aliphatic hydroxyl groups excluding tert-OH is 1. The summed E-state index contributed by atoms with van der Waals surface area (Å²) in [6.07, 6.45) is 3.67. The second kappa shape index (κ2) is 1.96. The molecule has 0 spiro atoms. The monoisotopic (exact) mass is 180 g/mol. The SMILES string of the molecule is CC1C(O)CC2C3CC(C4OC34)C12. The molecule has 13 heavy (non-hydrogen) atoms. The van der Waals surface area contributed by atoms with Crippen LogP contribution in [0.5, 0.6) is 0 Å². The van der Waals surface area contributed by atoms with E-state index in [1.165, 1.54) is 6.42 Å². The Hall–Kier alpha value is -0.0800. The molecule has 3 saturated carbocycles. The van der Waals surface area contributed by atoms with Crippen LogP contribution in [0.4, 0.5) is 0 Å². The third-order valence-corrected chi connectivity index (χ3v) is 5.22. The van der Waals surface area contributed by atoms with Gasteiger partial charge in [0.25, 0.3) is 0 Å². The Kier molecular flexibility index (Phi) is 1.09. The molecule has 0 aromatic carbocycles. The molecule has 2 nitrogen and oxygen atoms in total. The maximum atomic E-state index is 9.83. The van der Waals surface area contributed by atoms with E-state index in [0.717, 1.165) is 30.1 Å². The Morgan fingerprint density at radius 3 is 2.69 bits per heavy atom. The van der Waals surface area contributed by atoms with Gasteiger partial charge in [0.2, 0.25) is 0 Å². The number of fused-ring (bicyclic) bond motifs is 8. The van der Waals surface area contributed by atoms with Crippen molar-refractivity contribution in [1.82, 2.24) is 0 Å². The summed E-state index contributed by atoms with van der Waals surface area (Å²) in [6, 6.07) is 0. The molecule has 4 aliphatic rings. The molecule has 72 valence electrons. The summed E-state index contributed by atoms with van der Waals surface area (Å²) in [5.41, 5.74) is 0. The Labute approximate surface area is 78.3 Å². The molecule has 4 fully saturated rings. The maximum absolute atomic E-state index is 9.83. The molecule has 1 heterocycles. The molecule has 1 N–H and O–H groups in total. The molecule has 0 aromatic rings. The van der Waals surface area contributed by atoms with E-state index in [2.05, 4.69) is 6.92 Å². The van der Waals surface area contributed by atoms with Crippen LogP contribution < -0.4 is 0 Å². The topological polar surface area (TPSA) is 32.8 Å². The van der Waals surface area contributed by atoms with Gasteiger partial charge < -0.3 is 9.84 Å². The number of hydrogen-bond acceptors (Lipinski definition) is 2. The number of rotatable bonds is 0. The van der Waals surface area contributed by atoms with Crippen molar-refractivity contribution in [2.75, 3.05) is 0 Å². The highest BCUT2D eigenvalue weighted by molar-refractivity contribution is 5.17. The van der Waals surface area contributed by atoms with E-state index in [1.54, 1.807) is 0 Å². The molecule has 0 amide bonds. The molecule has 0 aromatic heterocycles. The summed E-state index contributed by atoms with van der Waals surface area (Å²) in [4.78, 5) is 0. The fraction of sp³-hybridized carbons (Fsp3) is 1.00. The van der Waals surface area contributed by atoms with Gasteiger partial charge in [0.05, 0.1) is 18.3 Å². The predicted octanol–water partition coefficient (Wildman–Crippen LogP) is 1.04. The molecule has 3 aliphatic carbocycles. The van der Waals surface area contributed by atoms with Crippen molar-refractivity contribution in [2.45, 2.75) is 38.1 Å². The Morgan fingerprint density at radius 2 is 1.85 bits per heavy atom. The van der Waals surface area contributed by atoms with Crippen molar-refractivity contribution < 1.29 is 9.84 Å². The van der Waals surface area contributed by atoms with Crippen molar-refractivity contribution in [3.63, 3.8) is 0 Å². The highest BCUT2D eigenvalue weighted by Gasteiger charge is 2.69. The van der Waals surface area contributed by atoms with Crippen LogP contribution in [0.25, 0.3) is 0 Å². The molecule has 0 radical (unpaired) electrons. The largest absolute Gasteiger partial charge is 0.393 e. The molecule has 2 bridgehead atoms. The van der Waals surface area contributed by atoms with Gasteiger partial charge in [-0.05, 0) is 42.4 Å². The second-order valence-electron chi connectivity index (χ2n) is 5.53. The van der Waals surface area contributed by atoms with Crippen LogP contribution in [0.15, 0.2) is 0 Å². The first-order chi connectivity index (χ1) is 6.27. The van der Waals surface area contributed by atoms with Gasteiger partial charge in [-0.3, -0.25) is 0 Å². The first kappa shape index (κ1) is 7.24. The summed E-state index contributed by atoms with van der Waals surface area (Å²) in [7, 11) is 0. The van der Waals surface area contributed by atoms with Gasteiger partial charge in [0.15, 0.2) is 0 Å². The summed E-state index contributed by atoms with van der Waals surface area (Å²) in [5, 5.41) is 9.83. The summed E-state index contributed by atoms with van der Waals surface area (Å²) >= 11 is 0. The second-order valence-corrected chi connectivity index (χ2v) is 5.53. The summed E-state index contributed by atoms with van der Waals surface area (Å²) < 4.78 is 5.68. The van der Waals surface area contributed by atoms with Crippen LogP contribution in [0, 0.1) is 29.6 Å². The minimum Gasteiger partial charge on any atom is -0.393 e. The van der Waals surface area contributed by atoms with Crippen LogP contribution in [-0.2, 0) is 4.74 Å². The minimum absolute atomic E-state index is 0.0159. The predicted molar refractivity (Wildman–Crippen MR) is 47.0 cm³/mol. The van der Waals surface area contributed by atoms with Crippen LogP contribution >= 0.6 is 0 Å².